The van der Waals surface area contributed by atoms with Crippen LogP contribution in [-0.2, 0) is 9.53 Å². The lowest BCUT2D eigenvalue weighted by atomic mass is 10.1. The number of benzene rings is 1. The average Bonchev–Trinajstić information content (AvgIpc) is 2.87. The van der Waals surface area contributed by atoms with Gasteiger partial charge in [0.05, 0.1) is 6.61 Å². The second kappa shape index (κ2) is 7.59. The summed E-state index contributed by atoms with van der Waals surface area (Å²) in [6, 6.07) is 7.08. The molecule has 2 aliphatic rings. The zero-order valence-electron chi connectivity index (χ0n) is 14.9. The maximum Gasteiger partial charge on any atom is 0.407 e. The fourth-order valence-electron chi connectivity index (χ4n) is 3.40. The molecule has 1 aromatic carbocycles. The Hall–Kier alpha value is -2.83. The van der Waals surface area contributed by atoms with Crippen molar-refractivity contribution in [3.63, 3.8) is 0 Å². The van der Waals surface area contributed by atoms with Crippen LogP contribution in [0, 0.1) is 0 Å². The molecule has 1 unspecified atom stereocenters. The number of amides is 3. The molecule has 0 radical (unpaired) electrons. The van der Waals surface area contributed by atoms with E-state index in [1.165, 1.54) is 4.90 Å². The Morgan fingerprint density at radius 3 is 2.73 bits per heavy atom. The molecule has 1 atom stereocenters. The van der Waals surface area contributed by atoms with Crippen LogP contribution in [0.1, 0.15) is 35.7 Å². The van der Waals surface area contributed by atoms with Crippen molar-refractivity contribution in [1.82, 2.24) is 15.1 Å². The molecule has 0 saturated carbocycles. The van der Waals surface area contributed by atoms with Crippen molar-refractivity contribution in [3.8, 4) is 0 Å². The number of carbonyl (C=O) groups is 3. The molecule has 2 heterocycles. The van der Waals surface area contributed by atoms with Gasteiger partial charge < -0.3 is 15.0 Å². The van der Waals surface area contributed by atoms with E-state index in [4.69, 9.17) is 4.74 Å². The first kappa shape index (κ1) is 18.0. The summed E-state index contributed by atoms with van der Waals surface area (Å²) in [5, 5.41) is 2.78. The first-order valence-electron chi connectivity index (χ1n) is 8.82. The van der Waals surface area contributed by atoms with Gasteiger partial charge in [-0.2, -0.15) is 0 Å². The lowest BCUT2D eigenvalue weighted by molar-refractivity contribution is -0.132. The summed E-state index contributed by atoms with van der Waals surface area (Å²) in [6.45, 7) is 7.00. The lowest BCUT2D eigenvalue weighted by Gasteiger charge is -2.34. The van der Waals surface area contributed by atoms with E-state index >= 15 is 0 Å². The fraction of sp³-hybridized carbons (Fsp3) is 0.421. The molecule has 0 aromatic heterocycles. The highest BCUT2D eigenvalue weighted by Gasteiger charge is 2.34. The SMILES string of the molecule is C=C1c2ccccc2C(=O)N1CC(=O)N1CCCC(NC(=O)OCC)C1. The van der Waals surface area contributed by atoms with E-state index in [0.717, 1.165) is 18.4 Å². The summed E-state index contributed by atoms with van der Waals surface area (Å²) < 4.78 is 4.89. The third kappa shape index (κ3) is 3.56. The Balaban J connectivity index is 1.61. The molecule has 1 N–H and O–H groups in total. The molecule has 1 aromatic rings. The van der Waals surface area contributed by atoms with Crippen LogP contribution in [0.4, 0.5) is 4.79 Å². The second-order valence-corrected chi connectivity index (χ2v) is 6.43. The molecule has 0 spiro atoms. The van der Waals surface area contributed by atoms with E-state index in [9.17, 15) is 14.4 Å². The Morgan fingerprint density at radius 1 is 1.31 bits per heavy atom. The number of ether oxygens (including phenoxy) is 1. The van der Waals surface area contributed by atoms with Crippen LogP contribution in [0.3, 0.4) is 0 Å². The summed E-state index contributed by atoms with van der Waals surface area (Å²) in [4.78, 5) is 39.9. The van der Waals surface area contributed by atoms with Crippen molar-refractivity contribution >= 4 is 23.6 Å². The summed E-state index contributed by atoms with van der Waals surface area (Å²) in [5.41, 5.74) is 1.90. The topological polar surface area (TPSA) is 79.0 Å². The van der Waals surface area contributed by atoms with Gasteiger partial charge in [0.1, 0.15) is 6.54 Å². The number of carbonyl (C=O) groups excluding carboxylic acids is 3. The smallest absolute Gasteiger partial charge is 0.407 e. The summed E-state index contributed by atoms with van der Waals surface area (Å²) in [5.74, 6) is -0.347. The molecule has 3 rings (SSSR count). The monoisotopic (exact) mass is 357 g/mol. The van der Waals surface area contributed by atoms with Crippen LogP contribution in [0.25, 0.3) is 5.70 Å². The maximum atomic E-state index is 12.7. The van der Waals surface area contributed by atoms with Gasteiger partial charge in [0.25, 0.3) is 5.91 Å². The minimum absolute atomic E-state index is 0.0432. The summed E-state index contributed by atoms with van der Waals surface area (Å²) in [7, 11) is 0. The molecule has 1 saturated heterocycles. The lowest BCUT2D eigenvalue weighted by Crippen LogP contribution is -2.51. The highest BCUT2D eigenvalue weighted by Crippen LogP contribution is 2.31. The van der Waals surface area contributed by atoms with Crippen LogP contribution in [0.5, 0.6) is 0 Å². The van der Waals surface area contributed by atoms with Gasteiger partial charge in [-0.25, -0.2) is 4.79 Å². The molecule has 0 aliphatic carbocycles. The van der Waals surface area contributed by atoms with Gasteiger partial charge >= 0.3 is 6.09 Å². The number of hydrogen-bond acceptors (Lipinski definition) is 4. The highest BCUT2D eigenvalue weighted by atomic mass is 16.5. The van der Waals surface area contributed by atoms with Gasteiger partial charge in [0.15, 0.2) is 0 Å². The fourth-order valence-corrected chi connectivity index (χ4v) is 3.40. The Bertz CT molecular complexity index is 711. The summed E-state index contributed by atoms with van der Waals surface area (Å²) >= 11 is 0. The van der Waals surface area contributed by atoms with Gasteiger partial charge in [-0.05, 0) is 25.8 Å². The van der Waals surface area contributed by atoms with Crippen molar-refractivity contribution in [2.45, 2.75) is 25.8 Å². The largest absolute Gasteiger partial charge is 0.450 e. The predicted octanol–water partition coefficient (Wildman–Crippen LogP) is 1.85. The number of alkyl carbamates (subject to hydrolysis) is 1. The Kier molecular flexibility index (Phi) is 5.25. The molecular weight excluding hydrogens is 334 g/mol. The minimum atomic E-state index is -0.467. The highest BCUT2D eigenvalue weighted by molar-refractivity contribution is 6.10. The molecule has 0 bridgehead atoms. The van der Waals surface area contributed by atoms with Crippen molar-refractivity contribution in [2.24, 2.45) is 0 Å². The van der Waals surface area contributed by atoms with E-state index in [-0.39, 0.29) is 24.4 Å². The van der Waals surface area contributed by atoms with Gasteiger partial charge in [-0.3, -0.25) is 14.5 Å². The first-order valence-corrected chi connectivity index (χ1v) is 8.82. The van der Waals surface area contributed by atoms with E-state index < -0.39 is 6.09 Å². The van der Waals surface area contributed by atoms with Crippen molar-refractivity contribution in [2.75, 3.05) is 26.2 Å². The third-order valence-electron chi connectivity index (χ3n) is 4.70. The van der Waals surface area contributed by atoms with Crippen molar-refractivity contribution in [1.29, 1.82) is 0 Å². The minimum Gasteiger partial charge on any atom is -0.450 e. The molecule has 138 valence electrons. The molecule has 7 nitrogen and oxygen atoms in total. The van der Waals surface area contributed by atoms with E-state index in [0.29, 0.717) is 31.0 Å². The van der Waals surface area contributed by atoms with Crippen LogP contribution < -0.4 is 5.32 Å². The molecule has 26 heavy (non-hydrogen) atoms. The van der Waals surface area contributed by atoms with Crippen molar-refractivity contribution in [3.05, 3.63) is 42.0 Å². The van der Waals surface area contributed by atoms with Crippen LogP contribution in [-0.4, -0.2) is 60.0 Å². The number of nitrogens with one attached hydrogen (secondary N) is 1. The number of piperidine rings is 1. The standard InChI is InChI=1S/C19H23N3O4/c1-3-26-19(25)20-14-7-6-10-21(11-14)17(23)12-22-13(2)15-8-4-5-9-16(15)18(22)24/h4-5,8-9,14H,2-3,6-7,10-12H2,1H3,(H,20,25). The number of hydrogen-bond donors (Lipinski definition) is 1. The molecular formula is C19H23N3O4. The Morgan fingerprint density at radius 2 is 2.04 bits per heavy atom. The van der Waals surface area contributed by atoms with Gasteiger partial charge in [-0.15, -0.1) is 0 Å². The van der Waals surface area contributed by atoms with Gasteiger partial charge in [-0.1, -0.05) is 24.8 Å². The Labute approximate surface area is 152 Å². The van der Waals surface area contributed by atoms with E-state index in [2.05, 4.69) is 11.9 Å². The quantitative estimate of drug-likeness (QED) is 0.892. The number of likely N-dealkylation sites (tertiary alicyclic amines) is 1. The van der Waals surface area contributed by atoms with Crippen molar-refractivity contribution < 1.29 is 19.1 Å². The second-order valence-electron chi connectivity index (χ2n) is 6.43. The third-order valence-corrected chi connectivity index (χ3v) is 4.70. The van der Waals surface area contributed by atoms with Crippen LogP contribution >= 0.6 is 0 Å². The zero-order chi connectivity index (χ0) is 18.7. The molecule has 3 amide bonds. The molecule has 7 heteroatoms. The van der Waals surface area contributed by atoms with E-state index in [1.807, 2.05) is 12.1 Å². The van der Waals surface area contributed by atoms with Crippen LogP contribution in [0.2, 0.25) is 0 Å². The zero-order valence-corrected chi connectivity index (χ0v) is 14.9. The molecule has 1 fully saturated rings. The van der Waals surface area contributed by atoms with Gasteiger partial charge in [0.2, 0.25) is 5.91 Å². The first-order chi connectivity index (χ1) is 12.5. The van der Waals surface area contributed by atoms with E-state index in [1.54, 1.807) is 24.0 Å². The average molecular weight is 357 g/mol. The normalized spacial score (nSPS) is 19.3. The maximum absolute atomic E-state index is 12.7. The number of nitrogens with zero attached hydrogens (tertiary/aromatic N) is 2. The molecule has 2 aliphatic heterocycles. The number of rotatable bonds is 4. The van der Waals surface area contributed by atoms with Crippen LogP contribution in [0.15, 0.2) is 30.8 Å². The van der Waals surface area contributed by atoms with Gasteiger partial charge in [0, 0.05) is 36.0 Å². The predicted molar refractivity (Wildman–Crippen MR) is 96.3 cm³/mol. The number of fused-ring (bicyclic) bond motifs is 1. The summed E-state index contributed by atoms with van der Waals surface area (Å²) in [6.07, 6.45) is 1.12.